The minimum absolute atomic E-state index is 0.00979. The summed E-state index contributed by atoms with van der Waals surface area (Å²) >= 11 is 0. The predicted molar refractivity (Wildman–Crippen MR) is 140 cm³/mol. The number of primary amides is 1. The van der Waals surface area contributed by atoms with Crippen LogP contribution in [0.5, 0.6) is 0 Å². The normalized spacial score (nSPS) is 33.3. The smallest absolute Gasteiger partial charge is 0.387 e. The van der Waals surface area contributed by atoms with Crippen molar-refractivity contribution < 1.29 is 67.0 Å². The molecule has 44 heavy (non-hydrogen) atoms. The Labute approximate surface area is 245 Å². The van der Waals surface area contributed by atoms with E-state index in [9.17, 15) is 48.9 Å². The molecule has 10 atom stereocenters. The second-order valence-corrected chi connectivity index (χ2v) is 12.9. The van der Waals surface area contributed by atoms with Crippen molar-refractivity contribution in [2.75, 3.05) is 13.2 Å². The van der Waals surface area contributed by atoms with Crippen LogP contribution < -0.4 is 11.3 Å². The number of aliphatic hydroxyl groups is 4. The summed E-state index contributed by atoms with van der Waals surface area (Å²) < 4.78 is 50.6. The molecule has 9 N–H and O–H groups in total. The Balaban J connectivity index is 1.15. The number of phosphoric ester groups is 2. The summed E-state index contributed by atoms with van der Waals surface area (Å²) in [5.41, 5.74) is 4.81. The van der Waals surface area contributed by atoms with Crippen molar-refractivity contribution >= 4 is 32.7 Å². The summed E-state index contributed by atoms with van der Waals surface area (Å²) in [7, 11) is -10.8. The summed E-state index contributed by atoms with van der Waals surface area (Å²) in [6.45, 7) is -1.83. The van der Waals surface area contributed by atoms with E-state index in [0.29, 0.717) is 0 Å². The zero-order valence-corrected chi connectivity index (χ0v) is 24.0. The molecule has 23 heteroatoms. The number of aromatic amines is 1. The third-order valence-corrected chi connectivity index (χ3v) is 9.46. The number of nitrogens with zero attached hydrogens (tertiary/aromatic N) is 4. The number of aliphatic hydroxyl groups excluding tert-OH is 4. The Bertz CT molecular complexity index is 1610. The van der Waals surface area contributed by atoms with Crippen LogP contribution in [-0.2, 0) is 36.8 Å². The molecular formula is C21H28N6O15P2. The lowest BCUT2D eigenvalue weighted by Gasteiger charge is -2.28. The minimum Gasteiger partial charge on any atom is -0.387 e. The van der Waals surface area contributed by atoms with Crippen molar-refractivity contribution in [1.82, 2.24) is 24.4 Å². The minimum atomic E-state index is -5.39. The van der Waals surface area contributed by atoms with Gasteiger partial charge in [-0.3, -0.25) is 23.2 Å². The molecule has 5 heterocycles. The Morgan fingerprint density at radius 1 is 1.00 bits per heavy atom. The molecule has 0 saturated carbocycles. The first-order chi connectivity index (χ1) is 20.7. The van der Waals surface area contributed by atoms with Gasteiger partial charge in [-0.15, -0.1) is 0 Å². The molecule has 3 aliphatic rings. The van der Waals surface area contributed by atoms with Gasteiger partial charge in [-0.05, 0) is 6.42 Å². The zero-order valence-electron chi connectivity index (χ0n) is 22.2. The number of rotatable bonds is 11. The molecule has 2 saturated heterocycles. The highest BCUT2D eigenvalue weighted by Crippen LogP contribution is 2.60. The molecule has 0 spiro atoms. The number of nitrogens with one attached hydrogen (secondary N) is 1. The number of nitrogens with two attached hydrogens (primary N) is 1. The molecule has 21 nitrogen and oxygen atoms in total. The molecule has 1 amide bonds. The predicted octanol–water partition coefficient (Wildman–Crippen LogP) is -2.98. The van der Waals surface area contributed by atoms with Gasteiger partial charge in [-0.1, -0.05) is 6.08 Å². The Morgan fingerprint density at radius 2 is 1.59 bits per heavy atom. The number of amides is 1. The van der Waals surface area contributed by atoms with Crippen molar-refractivity contribution in [2.45, 2.75) is 55.5 Å². The number of carbonyl (C=O) groups excluding carboxylic acids is 1. The van der Waals surface area contributed by atoms with Crippen LogP contribution >= 0.6 is 15.6 Å². The van der Waals surface area contributed by atoms with Gasteiger partial charge in [0.1, 0.15) is 36.6 Å². The lowest BCUT2D eigenvalue weighted by Crippen LogP contribution is -2.40. The van der Waals surface area contributed by atoms with Gasteiger partial charge >= 0.3 is 15.6 Å². The van der Waals surface area contributed by atoms with Crippen LogP contribution in [0.2, 0.25) is 0 Å². The van der Waals surface area contributed by atoms with Gasteiger partial charge in [0.05, 0.1) is 25.9 Å². The third-order valence-electron chi connectivity index (χ3n) is 6.85. The number of allylic oxidation sites excluding steroid dienone is 1. The fourth-order valence-electron chi connectivity index (χ4n) is 4.67. The van der Waals surface area contributed by atoms with Gasteiger partial charge in [0.15, 0.2) is 23.6 Å². The number of H-pyrrole nitrogens is 1. The first kappa shape index (κ1) is 32.5. The molecule has 0 radical (unpaired) electrons. The number of hydrogen-bond acceptors (Lipinski definition) is 16. The SMILES string of the molecule is NC(=O)C1=CN([C@@H]2O[C@H](COP(=O)(O)OP(=O)(O)OC[C@H]3O[C@@H](n4cnc5c(=O)[nH]cnc54)[C@H](O)[C@@H]3O)[C@@H](O)[C@H]2O)C=CC1. The molecule has 2 fully saturated rings. The topological polar surface area (TPSA) is 312 Å². The average Bonchev–Trinajstić information content (AvgIpc) is 3.61. The number of phosphoric acid groups is 2. The summed E-state index contributed by atoms with van der Waals surface area (Å²) in [5.74, 6) is -0.715. The van der Waals surface area contributed by atoms with Crippen LogP contribution in [0.3, 0.4) is 0 Å². The maximum atomic E-state index is 12.4. The zero-order chi connectivity index (χ0) is 32.0. The number of carbonyl (C=O) groups is 1. The molecule has 3 aliphatic heterocycles. The summed E-state index contributed by atoms with van der Waals surface area (Å²) in [6, 6.07) is 0. The second kappa shape index (κ2) is 12.5. The molecule has 242 valence electrons. The maximum Gasteiger partial charge on any atom is 0.481 e. The number of fused-ring (bicyclic) bond motifs is 1. The summed E-state index contributed by atoms with van der Waals surface area (Å²) in [4.78, 5) is 54.8. The highest BCUT2D eigenvalue weighted by molar-refractivity contribution is 7.61. The second-order valence-electron chi connectivity index (χ2n) is 9.81. The van der Waals surface area contributed by atoms with E-state index in [2.05, 4.69) is 28.3 Å². The van der Waals surface area contributed by atoms with E-state index in [1.165, 1.54) is 17.3 Å². The van der Waals surface area contributed by atoms with Gasteiger partial charge in [-0.25, -0.2) is 19.1 Å². The van der Waals surface area contributed by atoms with Gasteiger partial charge in [0.25, 0.3) is 5.56 Å². The van der Waals surface area contributed by atoms with Crippen molar-refractivity contribution in [3.63, 3.8) is 0 Å². The van der Waals surface area contributed by atoms with Crippen LogP contribution in [0.25, 0.3) is 11.2 Å². The van der Waals surface area contributed by atoms with Crippen LogP contribution in [0.1, 0.15) is 12.6 Å². The van der Waals surface area contributed by atoms with Gasteiger partial charge in [0.2, 0.25) is 5.91 Å². The summed E-state index contributed by atoms with van der Waals surface area (Å²) in [5, 5.41) is 41.6. The van der Waals surface area contributed by atoms with E-state index in [1.807, 2.05) is 0 Å². The Kier molecular flexibility index (Phi) is 9.23. The fourth-order valence-corrected chi connectivity index (χ4v) is 6.76. The molecule has 5 rings (SSSR count). The van der Waals surface area contributed by atoms with E-state index < -0.39 is 89.4 Å². The standard InChI is InChI=1S/C21H28N6O15P2/c22-17(32)9-2-1-3-26(4-9)20-15(30)13(28)10(40-20)5-38-43(34,35)42-44(36,37)39-6-11-14(29)16(31)21(41-11)27-8-25-12-18(27)23-7-24-19(12)33/h1,3-4,7-8,10-11,13-16,20-21,28-31H,2,5-6H2,(H2,22,32)(H,34,35)(H,36,37)(H,23,24,33)/t10-,11-,13-,14-,15-,16-,20-,21-/m1/s1. The Morgan fingerprint density at radius 3 is 2.20 bits per heavy atom. The molecule has 0 aliphatic carbocycles. The van der Waals surface area contributed by atoms with E-state index in [1.54, 1.807) is 6.08 Å². The van der Waals surface area contributed by atoms with E-state index >= 15 is 0 Å². The lowest BCUT2D eigenvalue weighted by molar-refractivity contribution is -0.115. The van der Waals surface area contributed by atoms with Crippen molar-refractivity contribution in [2.24, 2.45) is 5.73 Å². The largest absolute Gasteiger partial charge is 0.481 e. The monoisotopic (exact) mass is 666 g/mol. The van der Waals surface area contributed by atoms with Crippen molar-refractivity contribution in [1.29, 1.82) is 0 Å². The van der Waals surface area contributed by atoms with Crippen molar-refractivity contribution in [3.8, 4) is 0 Å². The van der Waals surface area contributed by atoms with Gasteiger partial charge < -0.3 is 55.3 Å². The van der Waals surface area contributed by atoms with E-state index in [4.69, 9.17) is 15.2 Å². The van der Waals surface area contributed by atoms with Crippen LogP contribution in [0, 0.1) is 0 Å². The first-order valence-electron chi connectivity index (χ1n) is 12.7. The number of hydrogen-bond donors (Lipinski definition) is 8. The molecule has 0 aromatic carbocycles. The summed E-state index contributed by atoms with van der Waals surface area (Å²) in [6.07, 6.45) is -5.30. The average molecular weight is 666 g/mol. The number of imidazole rings is 1. The highest BCUT2D eigenvalue weighted by atomic mass is 31.3. The van der Waals surface area contributed by atoms with Crippen LogP contribution in [0.4, 0.5) is 0 Å². The van der Waals surface area contributed by atoms with Gasteiger partial charge in [-0.2, -0.15) is 4.31 Å². The van der Waals surface area contributed by atoms with Crippen LogP contribution in [0.15, 0.2) is 41.5 Å². The van der Waals surface area contributed by atoms with E-state index in [-0.39, 0.29) is 23.2 Å². The maximum absolute atomic E-state index is 12.4. The third kappa shape index (κ3) is 6.70. The molecule has 2 unspecified atom stereocenters. The molecule has 0 bridgehead atoms. The van der Waals surface area contributed by atoms with E-state index in [0.717, 1.165) is 17.2 Å². The quantitative estimate of drug-likeness (QED) is 0.111. The van der Waals surface area contributed by atoms with Crippen molar-refractivity contribution in [3.05, 3.63) is 47.1 Å². The van der Waals surface area contributed by atoms with Gasteiger partial charge in [0, 0.05) is 18.0 Å². The molecule has 2 aromatic rings. The number of ether oxygens (including phenoxy) is 2. The highest BCUT2D eigenvalue weighted by Gasteiger charge is 2.48. The van der Waals surface area contributed by atoms with Crippen LogP contribution in [-0.4, -0.2) is 117 Å². The molecular weight excluding hydrogens is 638 g/mol. The first-order valence-corrected chi connectivity index (χ1v) is 15.7. The molecule has 2 aromatic heterocycles. The fraction of sp³-hybridized carbons (Fsp3) is 0.524. The number of aromatic nitrogens is 4. The Hall–Kier alpha value is -2.88. The lowest BCUT2D eigenvalue weighted by atomic mass is 10.1.